The normalized spacial score (nSPS) is 15.9. The highest BCUT2D eigenvalue weighted by Crippen LogP contribution is 2.20. The van der Waals surface area contributed by atoms with Crippen LogP contribution in [0.15, 0.2) is 6.20 Å². The zero-order valence-corrected chi connectivity index (χ0v) is 12.3. The Morgan fingerprint density at radius 1 is 1.29 bits per heavy atom. The minimum atomic E-state index is -0.962. The van der Waals surface area contributed by atoms with Crippen molar-refractivity contribution >= 4 is 8.07 Å². The number of hydrogen-bond donors (Lipinski definition) is 0. The van der Waals surface area contributed by atoms with E-state index in [1.165, 1.54) is 43.0 Å². The van der Waals surface area contributed by atoms with E-state index in [1.807, 2.05) is 6.20 Å². The van der Waals surface area contributed by atoms with Gasteiger partial charge in [-0.25, -0.2) is 4.68 Å². The third-order valence-corrected chi connectivity index (χ3v) is 5.06. The third-order valence-electron chi connectivity index (χ3n) is 3.35. The molecule has 0 amide bonds. The first-order valence-electron chi connectivity index (χ1n) is 6.67. The van der Waals surface area contributed by atoms with Gasteiger partial charge in [-0.05, 0) is 37.3 Å². The molecule has 1 aliphatic carbocycles. The van der Waals surface area contributed by atoms with E-state index in [9.17, 15) is 0 Å². The van der Waals surface area contributed by atoms with Crippen LogP contribution < -0.4 is 0 Å². The van der Waals surface area contributed by atoms with E-state index >= 15 is 0 Å². The molecule has 0 saturated carbocycles. The van der Waals surface area contributed by atoms with Gasteiger partial charge in [-0.1, -0.05) is 19.6 Å². The first kappa shape index (κ1) is 12.8. The van der Waals surface area contributed by atoms with Gasteiger partial charge in [-0.2, -0.15) is 5.10 Å². The van der Waals surface area contributed by atoms with Crippen molar-refractivity contribution in [3.63, 3.8) is 0 Å². The first-order chi connectivity index (χ1) is 8.06. The summed E-state index contributed by atoms with van der Waals surface area (Å²) in [6.07, 6.45) is 7.01. The molecule has 0 spiro atoms. The van der Waals surface area contributed by atoms with Crippen LogP contribution in [0.3, 0.4) is 0 Å². The second kappa shape index (κ2) is 5.36. The van der Waals surface area contributed by atoms with Crippen molar-refractivity contribution in [2.45, 2.75) is 58.1 Å². The zero-order valence-electron chi connectivity index (χ0n) is 11.3. The summed E-state index contributed by atoms with van der Waals surface area (Å²) < 4.78 is 7.81. The first-order valence-corrected chi connectivity index (χ1v) is 10.4. The molecule has 1 aromatic rings. The number of fused-ring (bicyclic) bond motifs is 1. The van der Waals surface area contributed by atoms with E-state index in [0.717, 1.165) is 6.61 Å². The van der Waals surface area contributed by atoms with Crippen molar-refractivity contribution in [3.05, 3.63) is 17.5 Å². The minimum Gasteiger partial charge on any atom is -0.360 e. The quantitative estimate of drug-likeness (QED) is 0.595. The average Bonchev–Trinajstić information content (AvgIpc) is 2.67. The summed E-state index contributed by atoms with van der Waals surface area (Å²) >= 11 is 0. The molecule has 0 bridgehead atoms. The Hall–Kier alpha value is -0.613. The van der Waals surface area contributed by atoms with Crippen LogP contribution in [-0.2, 0) is 24.3 Å². The standard InChI is InChI=1S/C13H24N2OSi/c1-17(2,3)9-8-16-11-15-13-7-5-4-6-12(13)10-14-15/h10H,4-9,11H2,1-3H3. The molecule has 0 N–H and O–H groups in total. The third kappa shape index (κ3) is 3.68. The Kier molecular flexibility index (Phi) is 4.04. The lowest BCUT2D eigenvalue weighted by Gasteiger charge is -2.17. The molecule has 17 heavy (non-hydrogen) atoms. The Morgan fingerprint density at radius 2 is 2.06 bits per heavy atom. The summed E-state index contributed by atoms with van der Waals surface area (Å²) in [6.45, 7) is 8.66. The molecule has 0 atom stereocenters. The Bertz CT molecular complexity index is 368. The molecule has 4 heteroatoms. The van der Waals surface area contributed by atoms with Crippen molar-refractivity contribution in [3.8, 4) is 0 Å². The number of nitrogens with zero attached hydrogens (tertiary/aromatic N) is 2. The second-order valence-corrected chi connectivity index (χ2v) is 11.8. The molecule has 0 unspecified atom stereocenters. The van der Waals surface area contributed by atoms with Gasteiger partial charge in [-0.15, -0.1) is 0 Å². The van der Waals surface area contributed by atoms with Crippen molar-refractivity contribution in [2.75, 3.05) is 6.61 Å². The predicted octanol–water partition coefficient (Wildman–Crippen LogP) is 3.07. The number of aryl methyl sites for hydroxylation is 1. The lowest BCUT2D eigenvalue weighted by atomic mass is 9.98. The van der Waals surface area contributed by atoms with E-state index in [1.54, 1.807) is 0 Å². The smallest absolute Gasteiger partial charge is 0.139 e. The number of rotatable bonds is 5. The molecular weight excluding hydrogens is 228 g/mol. The maximum atomic E-state index is 5.76. The van der Waals surface area contributed by atoms with Crippen LogP contribution in [0.2, 0.25) is 25.7 Å². The maximum absolute atomic E-state index is 5.76. The molecule has 0 aromatic carbocycles. The number of aromatic nitrogens is 2. The molecule has 0 fully saturated rings. The van der Waals surface area contributed by atoms with E-state index in [2.05, 4.69) is 29.4 Å². The van der Waals surface area contributed by atoms with Crippen molar-refractivity contribution in [2.24, 2.45) is 0 Å². The average molecular weight is 252 g/mol. The summed E-state index contributed by atoms with van der Waals surface area (Å²) in [4.78, 5) is 0. The lowest BCUT2D eigenvalue weighted by molar-refractivity contribution is 0.0762. The molecular formula is C13H24N2OSi. The Labute approximate surface area is 105 Å². The fraction of sp³-hybridized carbons (Fsp3) is 0.769. The van der Waals surface area contributed by atoms with Gasteiger partial charge in [0.1, 0.15) is 6.73 Å². The molecule has 0 radical (unpaired) electrons. The van der Waals surface area contributed by atoms with Crippen LogP contribution in [0.5, 0.6) is 0 Å². The highest BCUT2D eigenvalue weighted by molar-refractivity contribution is 6.76. The van der Waals surface area contributed by atoms with Gasteiger partial charge >= 0.3 is 0 Å². The van der Waals surface area contributed by atoms with Gasteiger partial charge in [0.15, 0.2) is 0 Å². The monoisotopic (exact) mass is 252 g/mol. The topological polar surface area (TPSA) is 27.1 Å². The van der Waals surface area contributed by atoms with Gasteiger partial charge in [0.05, 0.1) is 6.20 Å². The molecule has 2 rings (SSSR count). The van der Waals surface area contributed by atoms with Crippen LogP contribution in [-0.4, -0.2) is 24.5 Å². The predicted molar refractivity (Wildman–Crippen MR) is 73.0 cm³/mol. The Balaban J connectivity index is 1.81. The van der Waals surface area contributed by atoms with Crippen LogP contribution in [0.1, 0.15) is 24.1 Å². The van der Waals surface area contributed by atoms with Gasteiger partial charge in [0.25, 0.3) is 0 Å². The fourth-order valence-electron chi connectivity index (χ4n) is 2.20. The van der Waals surface area contributed by atoms with E-state index < -0.39 is 8.07 Å². The SMILES string of the molecule is C[Si](C)(C)CCOCn1ncc2c1CCCC2. The lowest BCUT2D eigenvalue weighted by Crippen LogP contribution is -2.22. The molecule has 0 saturated heterocycles. The molecule has 1 heterocycles. The van der Waals surface area contributed by atoms with Crippen LogP contribution in [0, 0.1) is 0 Å². The summed E-state index contributed by atoms with van der Waals surface area (Å²) in [7, 11) is -0.962. The Morgan fingerprint density at radius 3 is 2.82 bits per heavy atom. The molecule has 1 aliphatic rings. The summed E-state index contributed by atoms with van der Waals surface area (Å²) in [5, 5.41) is 4.43. The largest absolute Gasteiger partial charge is 0.360 e. The second-order valence-electron chi connectivity index (χ2n) is 6.17. The maximum Gasteiger partial charge on any atom is 0.139 e. The zero-order chi connectivity index (χ0) is 12.3. The molecule has 1 aromatic heterocycles. The summed E-state index contributed by atoms with van der Waals surface area (Å²) in [5.41, 5.74) is 2.84. The highest BCUT2D eigenvalue weighted by atomic mass is 28.3. The van der Waals surface area contributed by atoms with E-state index in [4.69, 9.17) is 4.74 Å². The molecule has 3 nitrogen and oxygen atoms in total. The number of hydrogen-bond acceptors (Lipinski definition) is 2. The van der Waals surface area contributed by atoms with E-state index in [-0.39, 0.29) is 0 Å². The van der Waals surface area contributed by atoms with Crippen LogP contribution in [0.4, 0.5) is 0 Å². The van der Waals surface area contributed by atoms with Gasteiger partial charge in [-0.3, -0.25) is 0 Å². The van der Waals surface area contributed by atoms with Crippen LogP contribution >= 0.6 is 0 Å². The van der Waals surface area contributed by atoms with Crippen molar-refractivity contribution in [1.82, 2.24) is 9.78 Å². The van der Waals surface area contributed by atoms with Gasteiger partial charge in [0, 0.05) is 20.4 Å². The number of ether oxygens (including phenoxy) is 1. The summed E-state index contributed by atoms with van der Waals surface area (Å²) in [6, 6.07) is 1.23. The van der Waals surface area contributed by atoms with Crippen molar-refractivity contribution in [1.29, 1.82) is 0 Å². The minimum absolute atomic E-state index is 0.639. The molecule has 96 valence electrons. The van der Waals surface area contributed by atoms with E-state index in [0.29, 0.717) is 6.73 Å². The summed E-state index contributed by atoms with van der Waals surface area (Å²) in [5.74, 6) is 0. The molecule has 0 aliphatic heterocycles. The fourth-order valence-corrected chi connectivity index (χ4v) is 2.95. The van der Waals surface area contributed by atoms with Crippen molar-refractivity contribution < 1.29 is 4.74 Å². The highest BCUT2D eigenvalue weighted by Gasteiger charge is 2.15. The van der Waals surface area contributed by atoms with Gasteiger partial charge < -0.3 is 4.74 Å². The van der Waals surface area contributed by atoms with Gasteiger partial charge in [0.2, 0.25) is 0 Å². The van der Waals surface area contributed by atoms with Crippen LogP contribution in [0.25, 0.3) is 0 Å².